The van der Waals surface area contributed by atoms with Gasteiger partial charge in [0, 0.05) is 17.8 Å². The molecule has 118 valence electrons. The van der Waals surface area contributed by atoms with Crippen LogP contribution in [0, 0.1) is 6.92 Å². The molecule has 0 saturated carbocycles. The van der Waals surface area contributed by atoms with Crippen molar-refractivity contribution in [3.63, 3.8) is 0 Å². The summed E-state index contributed by atoms with van der Waals surface area (Å²) in [6.45, 7) is 2.37. The number of hydrogen-bond donors (Lipinski definition) is 0. The first-order valence-electron chi connectivity index (χ1n) is 7.04. The molecule has 3 aromatic rings. The Kier molecular flexibility index (Phi) is 6.90. The second-order valence-corrected chi connectivity index (χ2v) is 6.14. The fourth-order valence-electron chi connectivity index (χ4n) is 2.61. The molecule has 0 spiro atoms. The van der Waals surface area contributed by atoms with Gasteiger partial charge in [-0.2, -0.15) is 5.10 Å². The molecule has 24 heavy (non-hydrogen) atoms. The van der Waals surface area contributed by atoms with Gasteiger partial charge in [0.05, 0.1) is 27.8 Å². The van der Waals surface area contributed by atoms with Gasteiger partial charge in [0.1, 0.15) is 0 Å². The summed E-state index contributed by atoms with van der Waals surface area (Å²) in [7, 11) is 0. The Hall–Kier alpha value is -0.404. The molecule has 0 radical (unpaired) electrons. The zero-order valence-corrected chi connectivity index (χ0v) is 18.0. The number of hydrogen-bond acceptors (Lipinski definition) is 3. The van der Waals surface area contributed by atoms with E-state index < -0.39 is 5.97 Å². The van der Waals surface area contributed by atoms with Crippen molar-refractivity contribution in [2.24, 2.45) is 0 Å². The minimum atomic E-state index is -1.11. The van der Waals surface area contributed by atoms with Crippen LogP contribution in [0.5, 0.6) is 0 Å². The third-order valence-corrected chi connectivity index (χ3v) is 4.56. The van der Waals surface area contributed by atoms with Crippen LogP contribution >= 0.6 is 23.2 Å². The van der Waals surface area contributed by atoms with E-state index in [9.17, 15) is 9.90 Å². The van der Waals surface area contributed by atoms with Crippen molar-refractivity contribution < 1.29 is 61.3 Å². The number of fused-ring (bicyclic) bond motifs is 1. The Morgan fingerprint density at radius 3 is 2.71 bits per heavy atom. The van der Waals surface area contributed by atoms with Crippen LogP contribution in [0.4, 0.5) is 0 Å². The standard InChI is InChI=1S/C17H14Cl2N2O2.K/c1-10-13-6-5-11(8-16(22)23)7-15(13)21(20-10)9-12-3-2-4-14(18)17(12)19;/h2-7H,8-9H2,1H3,(H,22,23);/q;+1/p-1. The van der Waals surface area contributed by atoms with Gasteiger partial charge in [-0.1, -0.05) is 47.5 Å². The Labute approximate surface area is 192 Å². The van der Waals surface area contributed by atoms with Crippen molar-refractivity contribution in [2.75, 3.05) is 0 Å². The van der Waals surface area contributed by atoms with Crippen LogP contribution in [0.15, 0.2) is 36.4 Å². The second kappa shape index (κ2) is 8.32. The summed E-state index contributed by atoms with van der Waals surface area (Å²) < 4.78 is 1.81. The van der Waals surface area contributed by atoms with E-state index in [1.54, 1.807) is 16.8 Å². The van der Waals surface area contributed by atoms with Crippen molar-refractivity contribution in [3.05, 3.63) is 63.3 Å². The number of carbonyl (C=O) groups excluding carboxylic acids is 1. The van der Waals surface area contributed by atoms with E-state index >= 15 is 0 Å². The van der Waals surface area contributed by atoms with E-state index in [1.807, 2.05) is 31.2 Å². The summed E-state index contributed by atoms with van der Waals surface area (Å²) in [6, 6.07) is 10.9. The number of carboxylic acid groups (broad SMARTS) is 1. The van der Waals surface area contributed by atoms with Gasteiger partial charge in [-0.25, -0.2) is 0 Å². The van der Waals surface area contributed by atoms with Crippen molar-refractivity contribution in [1.82, 2.24) is 9.78 Å². The number of nitrogens with zero attached hydrogens (tertiary/aromatic N) is 2. The van der Waals surface area contributed by atoms with Gasteiger partial charge in [-0.3, -0.25) is 4.68 Å². The number of carbonyl (C=O) groups is 1. The molecule has 0 atom stereocenters. The maximum Gasteiger partial charge on any atom is 1.00 e. The van der Waals surface area contributed by atoms with Gasteiger partial charge in [0.2, 0.25) is 0 Å². The molecule has 4 nitrogen and oxygen atoms in total. The molecule has 0 bridgehead atoms. The molecule has 2 aromatic carbocycles. The van der Waals surface area contributed by atoms with Crippen LogP contribution in [0.25, 0.3) is 10.9 Å². The van der Waals surface area contributed by atoms with Crippen molar-refractivity contribution in [2.45, 2.75) is 19.9 Å². The minimum absolute atomic E-state index is 0. The first kappa shape index (κ1) is 19.9. The molecule has 0 saturated heterocycles. The van der Waals surface area contributed by atoms with E-state index in [1.165, 1.54) is 0 Å². The zero-order valence-electron chi connectivity index (χ0n) is 13.3. The normalized spacial score (nSPS) is 10.6. The zero-order chi connectivity index (χ0) is 16.6. The maximum atomic E-state index is 10.8. The van der Waals surface area contributed by atoms with Gasteiger partial charge >= 0.3 is 51.4 Å². The average Bonchev–Trinajstić information content (AvgIpc) is 2.79. The second-order valence-electron chi connectivity index (χ2n) is 5.36. The number of carboxylic acids is 1. The van der Waals surface area contributed by atoms with E-state index in [4.69, 9.17) is 23.2 Å². The van der Waals surface area contributed by atoms with Crippen LogP contribution in [0.1, 0.15) is 16.8 Å². The largest absolute Gasteiger partial charge is 1.00 e. The van der Waals surface area contributed by atoms with Crippen LogP contribution in [0.2, 0.25) is 10.0 Å². The van der Waals surface area contributed by atoms with E-state index in [2.05, 4.69) is 5.10 Å². The van der Waals surface area contributed by atoms with E-state index in [0.29, 0.717) is 22.2 Å². The van der Waals surface area contributed by atoms with Crippen LogP contribution in [-0.2, 0) is 17.8 Å². The van der Waals surface area contributed by atoms with Gasteiger partial charge < -0.3 is 9.90 Å². The van der Waals surface area contributed by atoms with Crippen LogP contribution in [-0.4, -0.2) is 15.7 Å². The van der Waals surface area contributed by atoms with Crippen molar-refractivity contribution >= 4 is 40.1 Å². The Morgan fingerprint density at radius 1 is 1.25 bits per heavy atom. The molecule has 3 rings (SSSR count). The first-order chi connectivity index (χ1) is 11.0. The summed E-state index contributed by atoms with van der Waals surface area (Å²) in [6.07, 6.45) is -0.127. The molecule has 0 N–H and O–H groups in total. The fourth-order valence-corrected chi connectivity index (χ4v) is 2.99. The summed E-state index contributed by atoms with van der Waals surface area (Å²) in [5, 5.41) is 17.3. The first-order valence-corrected chi connectivity index (χ1v) is 7.80. The Morgan fingerprint density at radius 2 is 2.00 bits per heavy atom. The number of aliphatic carboxylic acids is 1. The Balaban J connectivity index is 0.00000208. The van der Waals surface area contributed by atoms with Gasteiger partial charge in [-0.15, -0.1) is 0 Å². The minimum Gasteiger partial charge on any atom is -0.550 e. The molecule has 1 heterocycles. The number of halogens is 2. The number of aromatic nitrogens is 2. The predicted octanol–water partition coefficient (Wildman–Crippen LogP) is -0.00378. The summed E-state index contributed by atoms with van der Waals surface area (Å²) in [4.78, 5) is 10.8. The van der Waals surface area contributed by atoms with E-state index in [-0.39, 0.29) is 57.8 Å². The SMILES string of the molecule is Cc1nn(Cc2cccc(Cl)c2Cl)c2cc(CC(=O)[O-])ccc12.[K+]. The summed E-state index contributed by atoms with van der Waals surface area (Å²) in [5.41, 5.74) is 3.26. The molecule has 0 fully saturated rings. The number of rotatable bonds is 4. The molecule has 0 aliphatic rings. The van der Waals surface area contributed by atoms with Crippen LogP contribution in [0.3, 0.4) is 0 Å². The fraction of sp³-hybridized carbons (Fsp3) is 0.176. The summed E-state index contributed by atoms with van der Waals surface area (Å²) in [5.74, 6) is -1.11. The topological polar surface area (TPSA) is 58.0 Å². The molecule has 0 amide bonds. The number of benzene rings is 2. The Bertz CT molecular complexity index is 909. The monoisotopic (exact) mass is 386 g/mol. The molecular weight excluding hydrogens is 374 g/mol. The molecule has 1 aromatic heterocycles. The number of aryl methyl sites for hydroxylation is 1. The third-order valence-electron chi connectivity index (χ3n) is 3.70. The molecular formula is C17H13Cl2KN2O2. The third kappa shape index (κ3) is 4.22. The molecule has 0 aliphatic carbocycles. The van der Waals surface area contributed by atoms with Crippen molar-refractivity contribution in [1.29, 1.82) is 0 Å². The van der Waals surface area contributed by atoms with Gasteiger partial charge in [0.25, 0.3) is 0 Å². The maximum absolute atomic E-state index is 10.8. The predicted molar refractivity (Wildman–Crippen MR) is 88.7 cm³/mol. The molecule has 0 unspecified atom stereocenters. The summed E-state index contributed by atoms with van der Waals surface area (Å²) >= 11 is 12.3. The molecule has 7 heteroatoms. The van der Waals surface area contributed by atoms with Gasteiger partial charge in [-0.05, 0) is 30.2 Å². The average molecular weight is 387 g/mol. The smallest absolute Gasteiger partial charge is 0.550 e. The quantitative estimate of drug-likeness (QED) is 0.592. The molecule has 0 aliphatic heterocycles. The van der Waals surface area contributed by atoms with Gasteiger partial charge in [0.15, 0.2) is 0 Å². The van der Waals surface area contributed by atoms with Crippen molar-refractivity contribution in [3.8, 4) is 0 Å². The van der Waals surface area contributed by atoms with Crippen LogP contribution < -0.4 is 56.5 Å². The van der Waals surface area contributed by atoms with E-state index in [0.717, 1.165) is 22.2 Å².